The van der Waals surface area contributed by atoms with Crippen molar-refractivity contribution in [2.45, 2.75) is 53.9 Å². The predicted molar refractivity (Wildman–Crippen MR) is 136 cm³/mol. The molecule has 1 unspecified atom stereocenters. The number of anilines is 1. The average molecular weight is 574 g/mol. The summed E-state index contributed by atoms with van der Waals surface area (Å²) in [5, 5.41) is 11.8. The van der Waals surface area contributed by atoms with E-state index in [0.29, 0.717) is 44.8 Å². The molecular formula is C25H30F3N3O5S2. The summed E-state index contributed by atoms with van der Waals surface area (Å²) < 4.78 is 74.1. The molecule has 1 aromatic carbocycles. The lowest BCUT2D eigenvalue weighted by Crippen LogP contribution is -2.64. The van der Waals surface area contributed by atoms with Gasteiger partial charge in [0.25, 0.3) is 10.0 Å². The van der Waals surface area contributed by atoms with E-state index < -0.39 is 21.8 Å². The van der Waals surface area contributed by atoms with Crippen molar-refractivity contribution in [2.24, 2.45) is 0 Å². The van der Waals surface area contributed by atoms with Crippen LogP contribution in [0.2, 0.25) is 0 Å². The number of fused-ring (bicyclic) bond motifs is 2. The number of piperidine rings is 1. The summed E-state index contributed by atoms with van der Waals surface area (Å²) in [6.45, 7) is 2.78. The number of piperazine rings is 1. The van der Waals surface area contributed by atoms with Gasteiger partial charge in [-0.1, -0.05) is 18.2 Å². The number of nitrogens with zero attached hydrogens (tertiary/aromatic N) is 3. The standard InChI is InChI=1S/C25H30F3N3O5S2/c1-24(33,25(26,27)28)17-4-6-18(7-5-17)30-9-8-29(38(34,35)23-3-2-10-37-23)13-21(30)14-31-19-11-22(32)12-20(31)16-36-15-19/h2-7,10,19-21,33H,8-9,11-16H2,1H3/t19-,20+,21-,24?/m1/s1. The molecule has 1 N–H and O–H groups in total. The second-order valence-electron chi connectivity index (χ2n) is 10.2. The summed E-state index contributed by atoms with van der Waals surface area (Å²) in [5.74, 6) is 0.189. The first-order chi connectivity index (χ1) is 17.9. The highest BCUT2D eigenvalue weighted by Crippen LogP contribution is 2.39. The van der Waals surface area contributed by atoms with Crippen molar-refractivity contribution in [3.63, 3.8) is 0 Å². The minimum atomic E-state index is -4.83. The average Bonchev–Trinajstić information content (AvgIpc) is 3.40. The van der Waals surface area contributed by atoms with Crippen LogP contribution in [0.1, 0.15) is 25.3 Å². The number of morpholine rings is 1. The van der Waals surface area contributed by atoms with Crippen LogP contribution in [0.15, 0.2) is 46.0 Å². The molecule has 4 heterocycles. The van der Waals surface area contributed by atoms with Gasteiger partial charge in [-0.2, -0.15) is 17.5 Å². The zero-order chi connectivity index (χ0) is 27.3. The number of aliphatic hydroxyl groups is 1. The van der Waals surface area contributed by atoms with E-state index in [1.807, 2.05) is 4.90 Å². The zero-order valence-corrected chi connectivity index (χ0v) is 22.4. The Morgan fingerprint density at radius 2 is 1.74 bits per heavy atom. The van der Waals surface area contributed by atoms with Gasteiger partial charge in [0.05, 0.1) is 19.3 Å². The maximum atomic E-state index is 13.3. The number of thiophene rings is 1. The third-order valence-corrected chi connectivity index (χ3v) is 11.0. The first kappa shape index (κ1) is 27.5. The number of hydrogen-bond donors (Lipinski definition) is 1. The number of hydrogen-bond acceptors (Lipinski definition) is 8. The summed E-state index contributed by atoms with van der Waals surface area (Å²) in [6, 6.07) is 8.36. The van der Waals surface area contributed by atoms with Crippen LogP contribution in [-0.4, -0.2) is 92.2 Å². The van der Waals surface area contributed by atoms with Gasteiger partial charge in [0, 0.05) is 56.8 Å². The first-order valence-electron chi connectivity index (χ1n) is 12.4. The normalized spacial score (nSPS) is 27.3. The molecular weight excluding hydrogens is 543 g/mol. The van der Waals surface area contributed by atoms with Crippen LogP contribution in [0.5, 0.6) is 0 Å². The van der Waals surface area contributed by atoms with Crippen LogP contribution >= 0.6 is 11.3 Å². The fourth-order valence-electron chi connectivity index (χ4n) is 5.55. The number of ether oxygens (including phenoxy) is 1. The summed E-state index contributed by atoms with van der Waals surface area (Å²) >= 11 is 1.15. The third-order valence-electron chi connectivity index (χ3n) is 7.75. The lowest BCUT2D eigenvalue weighted by molar-refractivity contribution is -0.258. The van der Waals surface area contributed by atoms with E-state index in [9.17, 15) is 31.5 Å². The van der Waals surface area contributed by atoms with Gasteiger partial charge in [-0.05, 0) is 36.1 Å². The summed E-state index contributed by atoms with van der Waals surface area (Å²) in [5.41, 5.74) is -2.62. The number of ketones is 1. The highest BCUT2D eigenvalue weighted by Gasteiger charge is 2.51. The number of sulfonamides is 1. The van der Waals surface area contributed by atoms with E-state index in [1.165, 1.54) is 28.6 Å². The molecule has 3 aliphatic heterocycles. The van der Waals surface area contributed by atoms with Gasteiger partial charge < -0.3 is 14.7 Å². The van der Waals surface area contributed by atoms with Crippen LogP contribution in [0.4, 0.5) is 18.9 Å². The van der Waals surface area contributed by atoms with Crippen molar-refractivity contribution in [1.29, 1.82) is 0 Å². The zero-order valence-electron chi connectivity index (χ0n) is 20.8. The highest BCUT2D eigenvalue weighted by molar-refractivity contribution is 7.91. The molecule has 0 aliphatic carbocycles. The van der Waals surface area contributed by atoms with Crippen molar-refractivity contribution >= 4 is 32.8 Å². The van der Waals surface area contributed by atoms with Gasteiger partial charge >= 0.3 is 6.18 Å². The molecule has 38 heavy (non-hydrogen) atoms. The molecule has 0 amide bonds. The van der Waals surface area contributed by atoms with Gasteiger partial charge in [0.1, 0.15) is 9.99 Å². The Bertz CT molecular complexity index is 1240. The largest absolute Gasteiger partial charge is 0.421 e. The highest BCUT2D eigenvalue weighted by atomic mass is 32.2. The topological polar surface area (TPSA) is 90.4 Å². The van der Waals surface area contributed by atoms with Gasteiger partial charge in [-0.3, -0.25) is 9.69 Å². The number of halogens is 3. The van der Waals surface area contributed by atoms with Gasteiger partial charge in [0.2, 0.25) is 0 Å². The Morgan fingerprint density at radius 3 is 2.32 bits per heavy atom. The number of Topliss-reactive ketones (excluding diaryl/α,β-unsaturated/α-hetero) is 1. The Labute approximate surface area is 223 Å². The monoisotopic (exact) mass is 573 g/mol. The Kier molecular flexibility index (Phi) is 7.37. The molecule has 4 atom stereocenters. The van der Waals surface area contributed by atoms with Crippen molar-refractivity contribution in [2.75, 3.05) is 44.3 Å². The number of benzene rings is 1. The summed E-state index contributed by atoms with van der Waals surface area (Å²) in [7, 11) is -3.70. The summed E-state index contributed by atoms with van der Waals surface area (Å²) in [6.07, 6.45) is -4.08. The molecule has 1 aromatic heterocycles. The van der Waals surface area contributed by atoms with Crippen LogP contribution in [0.25, 0.3) is 0 Å². The second-order valence-corrected chi connectivity index (χ2v) is 13.4. The minimum absolute atomic E-state index is 0.0922. The molecule has 2 bridgehead atoms. The molecule has 208 valence electrons. The first-order valence-corrected chi connectivity index (χ1v) is 14.7. The van der Waals surface area contributed by atoms with E-state index in [-0.39, 0.29) is 46.8 Å². The van der Waals surface area contributed by atoms with E-state index in [0.717, 1.165) is 18.3 Å². The SMILES string of the molecule is CC(O)(c1ccc(N2CCN(S(=O)(=O)c3cccs3)C[C@@H]2CN2[C@@H]3COC[C@H]2CC(=O)C3)cc1)C(F)(F)F. The molecule has 0 radical (unpaired) electrons. The molecule has 8 nitrogen and oxygen atoms in total. The lowest BCUT2D eigenvalue weighted by Gasteiger charge is -2.50. The van der Waals surface area contributed by atoms with Gasteiger partial charge in [-0.25, -0.2) is 8.42 Å². The molecule has 3 saturated heterocycles. The predicted octanol–water partition coefficient (Wildman–Crippen LogP) is 2.83. The van der Waals surface area contributed by atoms with Crippen molar-refractivity contribution < 1.29 is 36.2 Å². The third kappa shape index (κ3) is 5.11. The maximum Gasteiger partial charge on any atom is 0.421 e. The molecule has 13 heteroatoms. The Morgan fingerprint density at radius 1 is 1.08 bits per heavy atom. The van der Waals surface area contributed by atoms with E-state index >= 15 is 0 Å². The van der Waals surface area contributed by atoms with Crippen LogP contribution in [0, 0.1) is 0 Å². The lowest BCUT2D eigenvalue weighted by atomic mass is 9.92. The van der Waals surface area contributed by atoms with Gasteiger partial charge in [0.15, 0.2) is 5.60 Å². The molecule has 2 aromatic rings. The van der Waals surface area contributed by atoms with Crippen LogP contribution in [-0.2, 0) is 25.2 Å². The van der Waals surface area contributed by atoms with Crippen LogP contribution < -0.4 is 4.90 Å². The van der Waals surface area contributed by atoms with E-state index in [4.69, 9.17) is 4.74 Å². The van der Waals surface area contributed by atoms with Crippen molar-refractivity contribution in [3.05, 3.63) is 47.3 Å². The molecule has 0 spiro atoms. The van der Waals surface area contributed by atoms with Crippen LogP contribution in [0.3, 0.4) is 0 Å². The van der Waals surface area contributed by atoms with Crippen molar-refractivity contribution in [3.8, 4) is 0 Å². The number of rotatable bonds is 6. The van der Waals surface area contributed by atoms with E-state index in [1.54, 1.807) is 17.5 Å². The maximum absolute atomic E-state index is 13.3. The van der Waals surface area contributed by atoms with Gasteiger partial charge in [-0.15, -0.1) is 11.3 Å². The number of alkyl halides is 3. The number of carbonyl (C=O) groups excluding carboxylic acids is 1. The quantitative estimate of drug-likeness (QED) is 0.569. The minimum Gasteiger partial charge on any atom is -0.378 e. The number of carbonyl (C=O) groups is 1. The smallest absolute Gasteiger partial charge is 0.378 e. The van der Waals surface area contributed by atoms with E-state index in [2.05, 4.69) is 4.90 Å². The molecule has 3 fully saturated rings. The fraction of sp³-hybridized carbons (Fsp3) is 0.560. The molecule has 3 aliphatic rings. The van der Waals surface area contributed by atoms with Crippen molar-refractivity contribution in [1.82, 2.24) is 9.21 Å². The fourth-order valence-corrected chi connectivity index (χ4v) is 8.17. The Balaban J connectivity index is 1.43. The second kappa shape index (κ2) is 10.2. The summed E-state index contributed by atoms with van der Waals surface area (Å²) in [4.78, 5) is 16.5. The molecule has 5 rings (SSSR count). The Hall–Kier alpha value is -2.03. The molecule has 0 saturated carbocycles.